The number of halogens is 2. The fraction of sp³-hybridized carbons (Fsp3) is 0.0952. The fourth-order valence-corrected chi connectivity index (χ4v) is 5.57. The third kappa shape index (κ3) is 3.66. The van der Waals surface area contributed by atoms with E-state index in [2.05, 4.69) is 0 Å². The van der Waals surface area contributed by atoms with Crippen molar-refractivity contribution < 1.29 is 36.7 Å². The number of carboxylic acid groups (broad SMARTS) is 1. The molecule has 0 fully saturated rings. The fourth-order valence-electron chi connectivity index (χ4n) is 3.45. The van der Waals surface area contributed by atoms with Gasteiger partial charge in [-0.3, -0.25) is 13.9 Å². The van der Waals surface area contributed by atoms with Crippen molar-refractivity contribution in [3.05, 3.63) is 75.5 Å². The Kier molecular flexibility index (Phi) is 5.50. The van der Waals surface area contributed by atoms with Gasteiger partial charge in [0.15, 0.2) is 0 Å². The summed E-state index contributed by atoms with van der Waals surface area (Å²) in [7, 11) is -3.31. The number of nitrogens with zero attached hydrogens (tertiary/aromatic N) is 2. The second-order valence-corrected chi connectivity index (χ2v) is 9.87. The number of aromatic carboxylic acids is 1. The van der Waals surface area contributed by atoms with E-state index >= 15 is 0 Å². The van der Waals surface area contributed by atoms with E-state index in [4.69, 9.17) is 0 Å². The lowest BCUT2D eigenvalue weighted by atomic mass is 10.0. The summed E-state index contributed by atoms with van der Waals surface area (Å²) in [6.07, 6.45) is -0.365. The topological polar surface area (TPSA) is 112 Å². The van der Waals surface area contributed by atoms with Crippen LogP contribution in [0, 0.1) is 11.6 Å². The summed E-state index contributed by atoms with van der Waals surface area (Å²) in [5.74, 6) is -5.18. The SMILES string of the molecule is CN(c1ccccc1F)S(=O)(=O)c1ccc(F)c(N2C(=O)Cc3csc(C(=O)O)c3C2=O)c1. The van der Waals surface area contributed by atoms with Gasteiger partial charge in [0.1, 0.15) is 16.5 Å². The van der Waals surface area contributed by atoms with Crippen molar-refractivity contribution in [2.75, 3.05) is 16.3 Å². The van der Waals surface area contributed by atoms with Gasteiger partial charge in [0.05, 0.1) is 28.3 Å². The van der Waals surface area contributed by atoms with Crippen LogP contribution in [0.4, 0.5) is 20.2 Å². The molecule has 2 aromatic carbocycles. The summed E-state index contributed by atoms with van der Waals surface area (Å²) in [4.78, 5) is 36.7. The van der Waals surface area contributed by atoms with E-state index in [1.807, 2.05) is 0 Å². The number of carbonyl (C=O) groups excluding carboxylic acids is 2. The molecule has 1 aliphatic rings. The molecular weight excluding hydrogens is 478 g/mol. The van der Waals surface area contributed by atoms with Crippen LogP contribution >= 0.6 is 11.3 Å². The van der Waals surface area contributed by atoms with Gasteiger partial charge >= 0.3 is 5.97 Å². The predicted octanol–water partition coefficient (Wildman–Crippen LogP) is 3.28. The number of carbonyl (C=O) groups is 3. The standard InChI is InChI=1S/C21H14F2N2O6S2/c1-24(15-5-3-2-4-13(15)22)33(30,31)12-6-7-14(23)16(9-12)25-17(26)8-11-10-32-19(21(28)29)18(11)20(25)27/h2-7,9-10H,8H2,1H3,(H,28,29). The summed E-state index contributed by atoms with van der Waals surface area (Å²) in [6, 6.07) is 7.59. The molecule has 8 nitrogen and oxygen atoms in total. The summed E-state index contributed by atoms with van der Waals surface area (Å²) in [5.41, 5.74) is -0.959. The number of imide groups is 1. The molecule has 2 amide bonds. The molecule has 4 rings (SSSR count). The van der Waals surface area contributed by atoms with Gasteiger partial charge in [-0.05, 0) is 41.3 Å². The number of fused-ring (bicyclic) bond motifs is 1. The molecule has 0 radical (unpaired) electrons. The lowest BCUT2D eigenvalue weighted by Crippen LogP contribution is -2.43. The van der Waals surface area contributed by atoms with Crippen LogP contribution < -0.4 is 9.21 Å². The zero-order valence-electron chi connectivity index (χ0n) is 16.8. The van der Waals surface area contributed by atoms with Crippen LogP contribution in [-0.2, 0) is 21.2 Å². The van der Waals surface area contributed by atoms with Crippen molar-refractivity contribution in [3.8, 4) is 0 Å². The molecule has 0 aliphatic carbocycles. The van der Waals surface area contributed by atoms with Crippen molar-refractivity contribution in [1.82, 2.24) is 0 Å². The quantitative estimate of drug-likeness (QED) is 0.547. The van der Waals surface area contributed by atoms with E-state index in [1.165, 1.54) is 23.6 Å². The Balaban J connectivity index is 1.80. The number of hydrogen-bond acceptors (Lipinski definition) is 6. The van der Waals surface area contributed by atoms with Crippen molar-refractivity contribution >= 4 is 50.5 Å². The molecule has 0 saturated carbocycles. The van der Waals surface area contributed by atoms with Gasteiger partial charge < -0.3 is 5.11 Å². The number of hydrogen-bond donors (Lipinski definition) is 1. The molecular formula is C21H14F2N2O6S2. The van der Waals surface area contributed by atoms with Crippen LogP contribution in [0.2, 0.25) is 0 Å². The second-order valence-electron chi connectivity index (χ2n) is 7.02. The van der Waals surface area contributed by atoms with Crippen LogP contribution in [0.1, 0.15) is 25.6 Å². The van der Waals surface area contributed by atoms with Crippen molar-refractivity contribution in [2.45, 2.75) is 11.3 Å². The zero-order chi connectivity index (χ0) is 24.1. The highest BCUT2D eigenvalue weighted by atomic mass is 32.2. The predicted molar refractivity (Wildman–Crippen MR) is 115 cm³/mol. The van der Waals surface area contributed by atoms with Crippen molar-refractivity contribution in [3.63, 3.8) is 0 Å². The average molecular weight is 492 g/mol. The smallest absolute Gasteiger partial charge is 0.346 e. The van der Waals surface area contributed by atoms with E-state index in [0.29, 0.717) is 9.21 Å². The zero-order valence-corrected chi connectivity index (χ0v) is 18.4. The van der Waals surface area contributed by atoms with Crippen molar-refractivity contribution in [1.29, 1.82) is 0 Å². The van der Waals surface area contributed by atoms with Gasteiger partial charge in [-0.2, -0.15) is 0 Å². The summed E-state index contributed by atoms with van der Waals surface area (Å²) in [5, 5.41) is 10.7. The van der Waals surface area contributed by atoms with E-state index in [-0.39, 0.29) is 28.1 Å². The lowest BCUT2D eigenvalue weighted by molar-refractivity contribution is -0.117. The average Bonchev–Trinajstić information content (AvgIpc) is 3.19. The number of para-hydroxylation sites is 1. The van der Waals surface area contributed by atoms with E-state index in [0.717, 1.165) is 42.6 Å². The molecule has 170 valence electrons. The van der Waals surface area contributed by atoms with Crippen molar-refractivity contribution in [2.24, 2.45) is 0 Å². The third-order valence-corrected chi connectivity index (χ3v) is 7.86. The van der Waals surface area contributed by atoms with Gasteiger partial charge in [0, 0.05) is 7.05 Å². The first-order chi connectivity index (χ1) is 15.5. The molecule has 12 heteroatoms. The molecule has 0 saturated heterocycles. The van der Waals surface area contributed by atoms with Gasteiger partial charge in [0.2, 0.25) is 5.91 Å². The molecule has 0 spiro atoms. The molecule has 33 heavy (non-hydrogen) atoms. The van der Waals surface area contributed by atoms with Crippen LogP contribution in [0.3, 0.4) is 0 Å². The maximum absolute atomic E-state index is 14.7. The molecule has 1 N–H and O–H groups in total. The highest BCUT2D eigenvalue weighted by Gasteiger charge is 2.38. The van der Waals surface area contributed by atoms with Gasteiger partial charge in [0.25, 0.3) is 15.9 Å². The Morgan fingerprint density at radius 2 is 1.82 bits per heavy atom. The van der Waals surface area contributed by atoms with Crippen LogP contribution in [-0.4, -0.2) is 38.4 Å². The molecule has 2 heterocycles. The van der Waals surface area contributed by atoms with Crippen LogP contribution in [0.15, 0.2) is 52.7 Å². The lowest BCUT2D eigenvalue weighted by Gasteiger charge is -2.27. The largest absolute Gasteiger partial charge is 0.477 e. The normalized spacial score (nSPS) is 13.7. The minimum absolute atomic E-state index is 0.201. The summed E-state index contributed by atoms with van der Waals surface area (Å²) in [6.45, 7) is 0. The highest BCUT2D eigenvalue weighted by molar-refractivity contribution is 7.92. The molecule has 0 unspecified atom stereocenters. The van der Waals surface area contributed by atoms with Crippen LogP contribution in [0.25, 0.3) is 0 Å². The molecule has 0 atom stereocenters. The first kappa shape index (κ1) is 22.6. The Morgan fingerprint density at radius 3 is 2.48 bits per heavy atom. The minimum Gasteiger partial charge on any atom is -0.477 e. The number of anilines is 2. The third-order valence-electron chi connectivity index (χ3n) is 5.08. The Morgan fingerprint density at radius 1 is 1.12 bits per heavy atom. The Hall–Kier alpha value is -3.64. The first-order valence-corrected chi connectivity index (χ1v) is 11.6. The maximum Gasteiger partial charge on any atom is 0.346 e. The first-order valence-electron chi connectivity index (χ1n) is 9.28. The summed E-state index contributed by atoms with van der Waals surface area (Å²) >= 11 is 0.760. The number of amides is 2. The van der Waals surface area contributed by atoms with Crippen LogP contribution in [0.5, 0.6) is 0 Å². The summed E-state index contributed by atoms with van der Waals surface area (Å²) < 4.78 is 55.6. The number of sulfonamides is 1. The Bertz CT molecular complexity index is 1430. The molecule has 1 aromatic heterocycles. The molecule has 3 aromatic rings. The maximum atomic E-state index is 14.7. The monoisotopic (exact) mass is 492 g/mol. The molecule has 0 bridgehead atoms. The number of rotatable bonds is 5. The van der Waals surface area contributed by atoms with E-state index in [1.54, 1.807) is 0 Å². The van der Waals surface area contributed by atoms with E-state index in [9.17, 15) is 36.7 Å². The van der Waals surface area contributed by atoms with Gasteiger partial charge in [-0.15, -0.1) is 11.3 Å². The van der Waals surface area contributed by atoms with Gasteiger partial charge in [-0.1, -0.05) is 12.1 Å². The highest BCUT2D eigenvalue weighted by Crippen LogP contribution is 2.34. The number of thiophene rings is 1. The second kappa shape index (κ2) is 8.05. The number of carboxylic acids is 1. The number of benzene rings is 2. The van der Waals surface area contributed by atoms with E-state index < -0.39 is 50.0 Å². The molecule has 1 aliphatic heterocycles. The Labute approximate surface area is 190 Å². The minimum atomic E-state index is -4.41. The van der Waals surface area contributed by atoms with Gasteiger partial charge in [-0.25, -0.2) is 26.9 Å².